The Hall–Kier alpha value is -3.16. The second-order valence-corrected chi connectivity index (χ2v) is 8.65. The van der Waals surface area contributed by atoms with E-state index in [1.54, 1.807) is 31.2 Å². The summed E-state index contributed by atoms with van der Waals surface area (Å²) in [5.41, 5.74) is 9.81. The van der Waals surface area contributed by atoms with Gasteiger partial charge in [-0.15, -0.1) is 0 Å². The third-order valence-corrected chi connectivity index (χ3v) is 6.20. The molecule has 1 aliphatic carbocycles. The van der Waals surface area contributed by atoms with E-state index in [1.165, 1.54) is 12.1 Å². The number of hydrogen-bond acceptors (Lipinski definition) is 5. The zero-order chi connectivity index (χ0) is 22.8. The van der Waals surface area contributed by atoms with Crippen LogP contribution in [-0.2, 0) is 10.1 Å². The standard InChI is InChI=1S/C24H26N2O4S/c1-4-26(5-2)20-12-8-18(9-13-20)24(17-6-10-19(25)11-7-17)21-15-22(27)16(3)14-23(21)31(28,29)30/h6-15,25H,4-5H2,1-3H3,(H2,27,28,29,30). The Morgan fingerprint density at radius 1 is 1.03 bits per heavy atom. The van der Waals surface area contributed by atoms with Crippen molar-refractivity contribution in [3.63, 3.8) is 0 Å². The van der Waals surface area contributed by atoms with Crippen molar-refractivity contribution >= 4 is 27.1 Å². The lowest BCUT2D eigenvalue weighted by Gasteiger charge is -2.20. The summed E-state index contributed by atoms with van der Waals surface area (Å²) in [6, 6.07) is 9.50. The highest BCUT2D eigenvalue weighted by molar-refractivity contribution is 7.85. The second kappa shape index (κ2) is 8.91. The van der Waals surface area contributed by atoms with Gasteiger partial charge < -0.3 is 15.4 Å². The Morgan fingerprint density at radius 3 is 2.13 bits per heavy atom. The predicted octanol–water partition coefficient (Wildman–Crippen LogP) is 3.61. The Kier molecular flexibility index (Phi) is 6.48. The average Bonchev–Trinajstić information content (AvgIpc) is 2.73. The minimum absolute atomic E-state index is 0.0879. The molecule has 1 aliphatic rings. The summed E-state index contributed by atoms with van der Waals surface area (Å²) in [7, 11) is -4.79. The molecule has 2 aromatic carbocycles. The molecule has 0 saturated carbocycles. The lowest BCUT2D eigenvalue weighted by Crippen LogP contribution is -2.19. The summed E-state index contributed by atoms with van der Waals surface area (Å²) in [6.07, 6.45) is 7.69. The minimum atomic E-state index is -4.79. The molecule has 0 heterocycles. The number of nitrogens with two attached hydrogens (primary N) is 1. The van der Waals surface area contributed by atoms with Crippen molar-refractivity contribution < 1.29 is 22.7 Å². The van der Waals surface area contributed by atoms with Crippen LogP contribution < -0.4 is 5.73 Å². The molecule has 31 heavy (non-hydrogen) atoms. The number of benzene rings is 2. The Morgan fingerprint density at radius 2 is 1.61 bits per heavy atom. The number of allylic oxidation sites excluding steroid dienone is 5. The van der Waals surface area contributed by atoms with Crippen molar-refractivity contribution in [1.82, 2.24) is 0 Å². The molecular weight excluding hydrogens is 412 g/mol. The molecular formula is C24H26N2O4S. The van der Waals surface area contributed by atoms with E-state index in [0.717, 1.165) is 18.8 Å². The van der Waals surface area contributed by atoms with Gasteiger partial charge in [-0.1, -0.05) is 12.1 Å². The van der Waals surface area contributed by atoms with Crippen molar-refractivity contribution in [2.75, 3.05) is 18.8 Å². The third-order valence-electron chi connectivity index (χ3n) is 5.32. The van der Waals surface area contributed by atoms with Crippen LogP contribution in [0.25, 0.3) is 5.57 Å². The smallest absolute Gasteiger partial charge is 0.199 e. The highest BCUT2D eigenvalue weighted by atomic mass is 32.2. The van der Waals surface area contributed by atoms with Crippen LogP contribution in [0.3, 0.4) is 0 Å². The van der Waals surface area contributed by atoms with Gasteiger partial charge in [-0.05, 0) is 79.5 Å². The molecule has 0 bridgehead atoms. The highest BCUT2D eigenvalue weighted by Gasteiger charge is 2.20. The SMILES string of the molecule is CC[N+](CC)=C1C=CC(=C(c2ccc(N)cc2)c2cc(O)c(C)cc2S(=O)(=O)[O-])C=C1. The largest absolute Gasteiger partial charge is 0.744 e. The molecule has 0 amide bonds. The first-order chi connectivity index (χ1) is 14.7. The monoisotopic (exact) mass is 438 g/mol. The molecule has 162 valence electrons. The average molecular weight is 439 g/mol. The number of rotatable bonds is 5. The summed E-state index contributed by atoms with van der Waals surface area (Å²) < 4.78 is 38.4. The quantitative estimate of drug-likeness (QED) is 0.421. The van der Waals surface area contributed by atoms with Gasteiger partial charge in [0.2, 0.25) is 0 Å². The topological polar surface area (TPSA) is 106 Å². The number of nitrogens with zero attached hydrogens (tertiary/aromatic N) is 1. The van der Waals surface area contributed by atoms with Crippen LogP contribution >= 0.6 is 0 Å². The molecule has 0 saturated heterocycles. The lowest BCUT2D eigenvalue weighted by molar-refractivity contribution is -0.519. The van der Waals surface area contributed by atoms with Gasteiger partial charge in [-0.3, -0.25) is 0 Å². The number of phenolic OH excluding ortho intramolecular Hbond substituents is 1. The molecule has 0 radical (unpaired) electrons. The molecule has 0 aliphatic heterocycles. The van der Waals surface area contributed by atoms with Crippen LogP contribution in [-0.4, -0.2) is 41.5 Å². The number of nitrogen functional groups attached to an aromatic ring is 1. The second-order valence-electron chi connectivity index (χ2n) is 7.31. The lowest BCUT2D eigenvalue weighted by atomic mass is 9.90. The Labute approximate surface area is 183 Å². The molecule has 0 fully saturated rings. The summed E-state index contributed by atoms with van der Waals surface area (Å²) in [5.74, 6) is -0.0879. The van der Waals surface area contributed by atoms with E-state index < -0.39 is 10.1 Å². The van der Waals surface area contributed by atoms with Crippen LogP contribution in [0.4, 0.5) is 5.69 Å². The molecule has 3 rings (SSSR count). The summed E-state index contributed by atoms with van der Waals surface area (Å²) in [6.45, 7) is 7.41. The van der Waals surface area contributed by atoms with E-state index in [1.807, 2.05) is 24.3 Å². The third kappa shape index (κ3) is 4.78. The van der Waals surface area contributed by atoms with Crippen molar-refractivity contribution in [3.8, 4) is 5.75 Å². The van der Waals surface area contributed by atoms with E-state index in [2.05, 4.69) is 18.4 Å². The molecule has 6 nitrogen and oxygen atoms in total. The van der Waals surface area contributed by atoms with Gasteiger partial charge in [-0.25, -0.2) is 13.0 Å². The molecule has 0 atom stereocenters. The Balaban J connectivity index is 2.34. The zero-order valence-corrected chi connectivity index (χ0v) is 18.6. The van der Waals surface area contributed by atoms with Gasteiger partial charge >= 0.3 is 0 Å². The van der Waals surface area contributed by atoms with Crippen LogP contribution in [0.2, 0.25) is 0 Å². The van der Waals surface area contributed by atoms with Crippen LogP contribution in [0.5, 0.6) is 5.75 Å². The van der Waals surface area contributed by atoms with Crippen LogP contribution in [0, 0.1) is 6.92 Å². The number of aromatic hydroxyl groups is 1. The van der Waals surface area contributed by atoms with Crippen molar-refractivity contribution in [3.05, 3.63) is 83.0 Å². The molecule has 7 heteroatoms. The number of phenols is 1. The normalized spacial score (nSPS) is 13.5. The summed E-state index contributed by atoms with van der Waals surface area (Å²) >= 11 is 0. The van der Waals surface area contributed by atoms with Gasteiger partial charge in [0.05, 0.1) is 4.90 Å². The zero-order valence-electron chi connectivity index (χ0n) is 17.8. The fourth-order valence-corrected chi connectivity index (χ4v) is 4.38. The van der Waals surface area contributed by atoms with Crippen LogP contribution in [0.1, 0.15) is 30.5 Å². The van der Waals surface area contributed by atoms with Crippen molar-refractivity contribution in [2.24, 2.45) is 0 Å². The van der Waals surface area contributed by atoms with Gasteiger partial charge in [-0.2, -0.15) is 0 Å². The maximum Gasteiger partial charge on any atom is 0.199 e. The maximum absolute atomic E-state index is 12.1. The first-order valence-corrected chi connectivity index (χ1v) is 11.4. The molecule has 3 N–H and O–H groups in total. The van der Waals surface area contributed by atoms with Gasteiger partial charge in [0.15, 0.2) is 5.71 Å². The molecule has 0 unspecified atom stereocenters. The Bertz CT molecular complexity index is 1210. The molecule has 0 spiro atoms. The first kappa shape index (κ1) is 22.5. The van der Waals surface area contributed by atoms with E-state index in [-0.39, 0.29) is 16.2 Å². The van der Waals surface area contributed by atoms with Crippen LogP contribution in [0.15, 0.2) is 71.2 Å². The van der Waals surface area contributed by atoms with E-state index in [4.69, 9.17) is 5.73 Å². The van der Waals surface area contributed by atoms with E-state index in [9.17, 15) is 18.1 Å². The number of hydrogen-bond donors (Lipinski definition) is 2. The highest BCUT2D eigenvalue weighted by Crippen LogP contribution is 2.37. The van der Waals surface area contributed by atoms with E-state index >= 15 is 0 Å². The first-order valence-electron chi connectivity index (χ1n) is 10.0. The van der Waals surface area contributed by atoms with Gasteiger partial charge in [0.1, 0.15) is 29.0 Å². The van der Waals surface area contributed by atoms with E-state index in [0.29, 0.717) is 28.0 Å². The van der Waals surface area contributed by atoms with Gasteiger partial charge in [0.25, 0.3) is 0 Å². The fourth-order valence-electron chi connectivity index (χ4n) is 3.63. The van der Waals surface area contributed by atoms with Crippen molar-refractivity contribution in [1.29, 1.82) is 0 Å². The summed E-state index contributed by atoms with van der Waals surface area (Å²) in [5, 5.41) is 10.3. The minimum Gasteiger partial charge on any atom is -0.744 e. The van der Waals surface area contributed by atoms with Gasteiger partial charge in [0, 0.05) is 23.4 Å². The fraction of sp³-hybridized carbons (Fsp3) is 0.208. The van der Waals surface area contributed by atoms with Crippen molar-refractivity contribution in [2.45, 2.75) is 25.7 Å². The number of aryl methyl sites for hydroxylation is 1. The maximum atomic E-state index is 12.1. The summed E-state index contributed by atoms with van der Waals surface area (Å²) in [4.78, 5) is -0.373. The molecule has 0 aromatic heterocycles. The predicted molar refractivity (Wildman–Crippen MR) is 122 cm³/mol. The number of anilines is 1. The molecule has 2 aromatic rings.